The van der Waals surface area contributed by atoms with Gasteiger partial charge in [-0.15, -0.1) is 0 Å². The molecule has 1 N–H and O–H groups in total. The van der Waals surface area contributed by atoms with Gasteiger partial charge in [-0.25, -0.2) is 0 Å². The molecule has 0 radical (unpaired) electrons. The Kier molecular flexibility index (Phi) is 3.11. The monoisotopic (exact) mass is 259 g/mol. The normalized spacial score (nSPS) is 17.1. The number of benzene rings is 2. The zero-order valence-corrected chi connectivity index (χ0v) is 10.7. The lowest BCUT2D eigenvalue weighted by molar-refractivity contribution is 0.299. The second-order valence-corrected chi connectivity index (χ2v) is 4.85. The van der Waals surface area contributed by atoms with Gasteiger partial charge in [-0.05, 0) is 30.2 Å². The van der Waals surface area contributed by atoms with Crippen LogP contribution in [0.4, 0.5) is 5.69 Å². The Labute approximate surface area is 112 Å². The van der Waals surface area contributed by atoms with Crippen molar-refractivity contribution in [1.29, 1.82) is 0 Å². The Morgan fingerprint density at radius 2 is 1.89 bits per heavy atom. The van der Waals surface area contributed by atoms with E-state index in [0.29, 0.717) is 17.7 Å². The van der Waals surface area contributed by atoms with Crippen LogP contribution in [-0.4, -0.2) is 12.6 Å². The quantitative estimate of drug-likeness (QED) is 0.906. The Morgan fingerprint density at radius 1 is 1.11 bits per heavy atom. The van der Waals surface area contributed by atoms with Gasteiger partial charge in [0.1, 0.15) is 12.4 Å². The van der Waals surface area contributed by atoms with Crippen LogP contribution in [0, 0.1) is 0 Å². The van der Waals surface area contributed by atoms with Crippen LogP contribution in [0.15, 0.2) is 48.5 Å². The fourth-order valence-electron chi connectivity index (χ4n) is 2.23. The van der Waals surface area contributed by atoms with Crippen LogP contribution >= 0.6 is 11.6 Å². The number of fused-ring (bicyclic) bond motifs is 1. The maximum absolute atomic E-state index is 6.05. The van der Waals surface area contributed by atoms with E-state index in [1.54, 1.807) is 0 Å². The third-order valence-electron chi connectivity index (χ3n) is 3.12. The van der Waals surface area contributed by atoms with Crippen LogP contribution in [0.1, 0.15) is 5.56 Å². The molecule has 2 aromatic rings. The molecule has 0 saturated heterocycles. The highest BCUT2D eigenvalue weighted by Gasteiger charge is 2.20. The topological polar surface area (TPSA) is 21.3 Å². The van der Waals surface area contributed by atoms with Gasteiger partial charge in [-0.2, -0.15) is 0 Å². The van der Waals surface area contributed by atoms with E-state index in [2.05, 4.69) is 23.5 Å². The smallest absolute Gasteiger partial charge is 0.137 e. The number of ether oxygens (including phenoxy) is 1. The van der Waals surface area contributed by atoms with E-state index in [9.17, 15) is 0 Å². The molecule has 18 heavy (non-hydrogen) atoms. The summed E-state index contributed by atoms with van der Waals surface area (Å²) in [7, 11) is 0. The van der Waals surface area contributed by atoms with Crippen molar-refractivity contribution in [2.24, 2.45) is 0 Å². The van der Waals surface area contributed by atoms with E-state index in [0.717, 1.165) is 12.2 Å². The molecule has 1 aliphatic rings. The summed E-state index contributed by atoms with van der Waals surface area (Å²) in [6.45, 7) is 0.623. The maximum atomic E-state index is 6.05. The first-order valence-electron chi connectivity index (χ1n) is 6.05. The second kappa shape index (κ2) is 4.91. The molecule has 0 amide bonds. The number of hydrogen-bond donors (Lipinski definition) is 1. The van der Waals surface area contributed by atoms with Crippen molar-refractivity contribution in [2.75, 3.05) is 11.9 Å². The fraction of sp³-hybridized carbons (Fsp3) is 0.200. The van der Waals surface area contributed by atoms with Crippen LogP contribution in [0.5, 0.6) is 5.75 Å². The average Bonchev–Trinajstić information content (AvgIpc) is 2.80. The van der Waals surface area contributed by atoms with E-state index >= 15 is 0 Å². The van der Waals surface area contributed by atoms with Gasteiger partial charge in [-0.1, -0.05) is 41.9 Å². The molecule has 0 bridgehead atoms. The summed E-state index contributed by atoms with van der Waals surface area (Å²) >= 11 is 6.05. The zero-order valence-electron chi connectivity index (χ0n) is 9.90. The molecular formula is C15H14ClNO. The average molecular weight is 260 g/mol. The highest BCUT2D eigenvalue weighted by atomic mass is 35.5. The molecule has 1 atom stereocenters. The second-order valence-electron chi connectivity index (χ2n) is 4.44. The van der Waals surface area contributed by atoms with Gasteiger partial charge in [0.2, 0.25) is 0 Å². The summed E-state index contributed by atoms with van der Waals surface area (Å²) in [4.78, 5) is 0. The van der Waals surface area contributed by atoms with Crippen molar-refractivity contribution >= 4 is 17.3 Å². The lowest BCUT2D eigenvalue weighted by Gasteiger charge is -2.13. The lowest BCUT2D eigenvalue weighted by atomic mass is 10.1. The first-order valence-corrected chi connectivity index (χ1v) is 6.42. The molecule has 1 aliphatic heterocycles. The highest BCUT2D eigenvalue weighted by molar-refractivity contribution is 6.32. The summed E-state index contributed by atoms with van der Waals surface area (Å²) in [5.41, 5.74) is 2.57. The van der Waals surface area contributed by atoms with Crippen molar-refractivity contribution < 1.29 is 4.74 Å². The first-order chi connectivity index (χ1) is 8.83. The minimum Gasteiger partial charge on any atom is -0.490 e. The predicted molar refractivity (Wildman–Crippen MR) is 74.5 cm³/mol. The Bertz CT molecular complexity index is 531. The van der Waals surface area contributed by atoms with Gasteiger partial charge < -0.3 is 10.1 Å². The number of hydrogen-bond acceptors (Lipinski definition) is 2. The van der Waals surface area contributed by atoms with Crippen LogP contribution in [0.2, 0.25) is 5.02 Å². The summed E-state index contributed by atoms with van der Waals surface area (Å²) in [5, 5.41) is 4.12. The maximum Gasteiger partial charge on any atom is 0.137 e. The number of halogens is 1. The van der Waals surface area contributed by atoms with Crippen LogP contribution in [0.25, 0.3) is 0 Å². The molecule has 0 aromatic heterocycles. The molecule has 1 heterocycles. The third-order valence-corrected chi connectivity index (χ3v) is 3.43. The molecule has 3 heteroatoms. The van der Waals surface area contributed by atoms with E-state index in [-0.39, 0.29) is 0 Å². The Morgan fingerprint density at radius 3 is 2.72 bits per heavy atom. The van der Waals surface area contributed by atoms with E-state index in [1.165, 1.54) is 11.3 Å². The minimum absolute atomic E-state index is 0.318. The number of rotatable bonds is 3. The molecule has 0 saturated carbocycles. The van der Waals surface area contributed by atoms with Crippen molar-refractivity contribution in [3.05, 3.63) is 59.1 Å². The SMILES string of the molecule is Clc1ccccc1OCC1Cc2ccccc2N1. The van der Waals surface area contributed by atoms with Crippen molar-refractivity contribution in [3.8, 4) is 5.75 Å². The number of nitrogens with one attached hydrogen (secondary N) is 1. The summed E-state index contributed by atoms with van der Waals surface area (Å²) < 4.78 is 5.76. The van der Waals surface area contributed by atoms with E-state index < -0.39 is 0 Å². The third kappa shape index (κ3) is 2.29. The molecule has 0 fully saturated rings. The summed E-state index contributed by atoms with van der Waals surface area (Å²) in [6.07, 6.45) is 1.00. The van der Waals surface area contributed by atoms with E-state index in [1.807, 2.05) is 30.3 Å². The van der Waals surface area contributed by atoms with Gasteiger partial charge in [0.05, 0.1) is 11.1 Å². The fourth-order valence-corrected chi connectivity index (χ4v) is 2.42. The molecular weight excluding hydrogens is 246 g/mol. The number of anilines is 1. The predicted octanol–water partition coefficient (Wildman–Crippen LogP) is 3.76. The van der Waals surface area contributed by atoms with Crippen LogP contribution < -0.4 is 10.1 Å². The Hall–Kier alpha value is -1.67. The Balaban J connectivity index is 1.62. The summed E-state index contributed by atoms with van der Waals surface area (Å²) in [6, 6.07) is 16.2. The largest absolute Gasteiger partial charge is 0.490 e. The minimum atomic E-state index is 0.318. The van der Waals surface area contributed by atoms with Gasteiger partial charge in [0.15, 0.2) is 0 Å². The zero-order chi connectivity index (χ0) is 12.4. The van der Waals surface area contributed by atoms with Gasteiger partial charge in [0, 0.05) is 5.69 Å². The molecule has 2 nitrogen and oxygen atoms in total. The van der Waals surface area contributed by atoms with Crippen molar-refractivity contribution in [3.63, 3.8) is 0 Å². The molecule has 2 aromatic carbocycles. The van der Waals surface area contributed by atoms with Crippen LogP contribution in [0.3, 0.4) is 0 Å². The van der Waals surface area contributed by atoms with Crippen molar-refractivity contribution in [1.82, 2.24) is 0 Å². The van der Waals surface area contributed by atoms with Crippen LogP contribution in [-0.2, 0) is 6.42 Å². The van der Waals surface area contributed by atoms with Gasteiger partial charge >= 0.3 is 0 Å². The molecule has 3 rings (SSSR count). The molecule has 0 spiro atoms. The molecule has 92 valence electrons. The number of para-hydroxylation sites is 2. The van der Waals surface area contributed by atoms with Crippen molar-refractivity contribution in [2.45, 2.75) is 12.5 Å². The standard InChI is InChI=1S/C15H14ClNO/c16-13-6-2-4-8-15(13)18-10-12-9-11-5-1-3-7-14(11)17-12/h1-8,12,17H,9-10H2. The first kappa shape index (κ1) is 11.4. The highest BCUT2D eigenvalue weighted by Crippen LogP contribution is 2.27. The lowest BCUT2D eigenvalue weighted by Crippen LogP contribution is -2.24. The summed E-state index contributed by atoms with van der Waals surface area (Å²) in [5.74, 6) is 0.747. The van der Waals surface area contributed by atoms with E-state index in [4.69, 9.17) is 16.3 Å². The van der Waals surface area contributed by atoms with Gasteiger partial charge in [-0.3, -0.25) is 0 Å². The molecule has 0 aliphatic carbocycles. The molecule has 1 unspecified atom stereocenters. The van der Waals surface area contributed by atoms with Gasteiger partial charge in [0.25, 0.3) is 0 Å².